The van der Waals surface area contributed by atoms with Gasteiger partial charge in [0, 0.05) is 24.1 Å². The summed E-state index contributed by atoms with van der Waals surface area (Å²) >= 11 is 0. The Morgan fingerprint density at radius 3 is 3.00 bits per heavy atom. The number of carbonyl (C=O) groups is 1. The monoisotopic (exact) mass is 285 g/mol. The lowest BCUT2D eigenvalue weighted by molar-refractivity contribution is 0.0734. The van der Waals surface area contributed by atoms with E-state index >= 15 is 0 Å². The molecule has 1 aromatic carbocycles. The highest BCUT2D eigenvalue weighted by molar-refractivity contribution is 5.99. The Kier molecular flexibility index (Phi) is 3.56. The number of carbonyl (C=O) groups excluding carboxylic acids is 1. The number of H-pyrrole nitrogens is 1. The molecule has 0 aliphatic carbocycles. The van der Waals surface area contributed by atoms with Crippen LogP contribution in [0.4, 0.5) is 5.69 Å². The number of benzene rings is 1. The molecule has 3 rings (SSSR count). The van der Waals surface area contributed by atoms with E-state index in [1.165, 1.54) is 0 Å². The van der Waals surface area contributed by atoms with E-state index in [-0.39, 0.29) is 11.9 Å². The first-order chi connectivity index (χ1) is 10.2. The predicted octanol–water partition coefficient (Wildman–Crippen LogP) is 2.58. The molecule has 0 saturated carbocycles. The van der Waals surface area contributed by atoms with Gasteiger partial charge in [0.2, 0.25) is 0 Å². The zero-order valence-electron chi connectivity index (χ0n) is 12.0. The van der Waals surface area contributed by atoms with E-state index in [0.29, 0.717) is 17.0 Å². The molecule has 2 heterocycles. The SMILES string of the molecule is COc1ccc(N)c(C(=O)N2CCCC2c2ccc[nH]2)c1. The number of nitrogens with two attached hydrogens (primary N) is 1. The minimum atomic E-state index is -0.0384. The van der Waals surface area contributed by atoms with Crippen molar-refractivity contribution in [3.8, 4) is 5.75 Å². The van der Waals surface area contributed by atoms with Crippen molar-refractivity contribution < 1.29 is 9.53 Å². The number of ether oxygens (including phenoxy) is 1. The molecule has 21 heavy (non-hydrogen) atoms. The number of methoxy groups -OCH3 is 1. The number of amides is 1. The maximum atomic E-state index is 12.8. The quantitative estimate of drug-likeness (QED) is 0.851. The number of hydrogen-bond donors (Lipinski definition) is 2. The first-order valence-electron chi connectivity index (χ1n) is 7.08. The van der Waals surface area contributed by atoms with Gasteiger partial charge in [0.25, 0.3) is 5.91 Å². The number of aromatic nitrogens is 1. The highest BCUT2D eigenvalue weighted by atomic mass is 16.5. The number of anilines is 1. The Bertz CT molecular complexity index is 637. The fraction of sp³-hybridized carbons (Fsp3) is 0.312. The summed E-state index contributed by atoms with van der Waals surface area (Å²) in [6.07, 6.45) is 3.85. The van der Waals surface area contributed by atoms with Gasteiger partial charge in [0.1, 0.15) is 5.75 Å². The van der Waals surface area contributed by atoms with Crippen LogP contribution in [0.1, 0.15) is 34.9 Å². The largest absolute Gasteiger partial charge is 0.497 e. The summed E-state index contributed by atoms with van der Waals surface area (Å²) in [5, 5.41) is 0. The van der Waals surface area contributed by atoms with Crippen LogP contribution in [0.25, 0.3) is 0 Å². The Morgan fingerprint density at radius 1 is 1.43 bits per heavy atom. The summed E-state index contributed by atoms with van der Waals surface area (Å²) in [4.78, 5) is 17.9. The van der Waals surface area contributed by atoms with Gasteiger partial charge in [-0.3, -0.25) is 4.79 Å². The minimum absolute atomic E-state index is 0.0384. The molecular weight excluding hydrogens is 266 g/mol. The molecular formula is C16H19N3O2. The number of nitrogens with zero attached hydrogens (tertiary/aromatic N) is 1. The van der Waals surface area contributed by atoms with Crippen molar-refractivity contribution in [1.82, 2.24) is 9.88 Å². The molecule has 1 fully saturated rings. The average Bonchev–Trinajstić information content (AvgIpc) is 3.17. The summed E-state index contributed by atoms with van der Waals surface area (Å²) in [6, 6.07) is 9.26. The maximum absolute atomic E-state index is 12.8. The second kappa shape index (κ2) is 5.52. The Morgan fingerprint density at radius 2 is 2.29 bits per heavy atom. The van der Waals surface area contributed by atoms with Crippen LogP contribution in [-0.4, -0.2) is 29.4 Å². The highest BCUT2D eigenvalue weighted by Gasteiger charge is 2.32. The number of nitrogens with one attached hydrogen (secondary N) is 1. The van der Waals surface area contributed by atoms with E-state index < -0.39 is 0 Å². The van der Waals surface area contributed by atoms with Gasteiger partial charge in [-0.2, -0.15) is 0 Å². The lowest BCUT2D eigenvalue weighted by Crippen LogP contribution is -2.31. The van der Waals surface area contributed by atoms with Crippen LogP contribution in [0.15, 0.2) is 36.5 Å². The topological polar surface area (TPSA) is 71.3 Å². The minimum Gasteiger partial charge on any atom is -0.497 e. The molecule has 2 aromatic rings. The Labute approximate surface area is 123 Å². The van der Waals surface area contributed by atoms with Gasteiger partial charge in [-0.1, -0.05) is 0 Å². The molecule has 1 aliphatic rings. The molecule has 1 amide bonds. The molecule has 3 N–H and O–H groups in total. The molecule has 5 heteroatoms. The van der Waals surface area contributed by atoms with Crippen molar-refractivity contribution in [2.24, 2.45) is 0 Å². The molecule has 5 nitrogen and oxygen atoms in total. The number of aromatic amines is 1. The standard InChI is InChI=1S/C16H19N3O2/c1-21-11-6-7-13(17)12(10-11)16(20)19-9-3-5-15(19)14-4-2-8-18-14/h2,4,6-8,10,15,18H,3,5,9,17H2,1H3. The van der Waals surface area contributed by atoms with Crippen molar-refractivity contribution >= 4 is 11.6 Å². The van der Waals surface area contributed by atoms with Gasteiger partial charge >= 0.3 is 0 Å². The zero-order chi connectivity index (χ0) is 14.8. The Hall–Kier alpha value is -2.43. The van der Waals surface area contributed by atoms with Gasteiger partial charge in [0.15, 0.2) is 0 Å². The molecule has 110 valence electrons. The third-order valence-electron chi connectivity index (χ3n) is 3.99. The van der Waals surface area contributed by atoms with Crippen molar-refractivity contribution in [2.75, 3.05) is 19.4 Å². The van der Waals surface area contributed by atoms with E-state index in [2.05, 4.69) is 4.98 Å². The van der Waals surface area contributed by atoms with Crippen LogP contribution in [0.3, 0.4) is 0 Å². The third-order valence-corrected chi connectivity index (χ3v) is 3.99. The second-order valence-corrected chi connectivity index (χ2v) is 5.24. The first-order valence-corrected chi connectivity index (χ1v) is 7.08. The fourth-order valence-corrected chi connectivity index (χ4v) is 2.89. The van der Waals surface area contributed by atoms with Crippen LogP contribution in [-0.2, 0) is 0 Å². The second-order valence-electron chi connectivity index (χ2n) is 5.24. The summed E-state index contributed by atoms with van der Waals surface area (Å²) in [5.41, 5.74) is 8.03. The van der Waals surface area contributed by atoms with E-state index in [9.17, 15) is 4.79 Å². The van der Waals surface area contributed by atoms with Crippen LogP contribution in [0, 0.1) is 0 Å². The molecule has 1 aliphatic heterocycles. The van der Waals surface area contributed by atoms with Gasteiger partial charge in [-0.05, 0) is 43.2 Å². The molecule has 1 saturated heterocycles. The normalized spacial score (nSPS) is 18.0. The van der Waals surface area contributed by atoms with E-state index in [1.54, 1.807) is 25.3 Å². The van der Waals surface area contributed by atoms with Crippen LogP contribution in [0.5, 0.6) is 5.75 Å². The van der Waals surface area contributed by atoms with Crippen molar-refractivity contribution in [2.45, 2.75) is 18.9 Å². The van der Waals surface area contributed by atoms with E-state index in [4.69, 9.17) is 10.5 Å². The zero-order valence-corrected chi connectivity index (χ0v) is 12.0. The van der Waals surface area contributed by atoms with Crippen molar-refractivity contribution in [1.29, 1.82) is 0 Å². The first kappa shape index (κ1) is 13.5. The van der Waals surface area contributed by atoms with Crippen LogP contribution < -0.4 is 10.5 Å². The smallest absolute Gasteiger partial charge is 0.256 e. The van der Waals surface area contributed by atoms with Gasteiger partial charge in [-0.15, -0.1) is 0 Å². The van der Waals surface area contributed by atoms with Crippen molar-refractivity contribution in [3.05, 3.63) is 47.8 Å². The molecule has 0 spiro atoms. The lowest BCUT2D eigenvalue weighted by atomic mass is 10.1. The third kappa shape index (κ3) is 2.46. The molecule has 1 unspecified atom stereocenters. The summed E-state index contributed by atoms with van der Waals surface area (Å²) in [7, 11) is 1.58. The summed E-state index contributed by atoms with van der Waals surface area (Å²) in [5.74, 6) is 0.603. The van der Waals surface area contributed by atoms with E-state index in [1.807, 2.05) is 23.2 Å². The van der Waals surface area contributed by atoms with Gasteiger partial charge in [0.05, 0.1) is 18.7 Å². The average molecular weight is 285 g/mol. The predicted molar refractivity (Wildman–Crippen MR) is 81.2 cm³/mol. The lowest BCUT2D eigenvalue weighted by Gasteiger charge is -2.25. The van der Waals surface area contributed by atoms with Gasteiger partial charge in [-0.25, -0.2) is 0 Å². The summed E-state index contributed by atoms with van der Waals surface area (Å²) in [6.45, 7) is 0.749. The van der Waals surface area contributed by atoms with Gasteiger partial charge < -0.3 is 20.4 Å². The number of rotatable bonds is 3. The van der Waals surface area contributed by atoms with Crippen LogP contribution >= 0.6 is 0 Å². The fourth-order valence-electron chi connectivity index (χ4n) is 2.89. The summed E-state index contributed by atoms with van der Waals surface area (Å²) < 4.78 is 5.19. The van der Waals surface area contributed by atoms with E-state index in [0.717, 1.165) is 25.1 Å². The number of nitrogen functional groups attached to an aromatic ring is 1. The number of likely N-dealkylation sites (tertiary alicyclic amines) is 1. The number of hydrogen-bond acceptors (Lipinski definition) is 3. The Balaban J connectivity index is 1.91. The molecule has 1 atom stereocenters. The maximum Gasteiger partial charge on any atom is 0.256 e. The molecule has 0 radical (unpaired) electrons. The highest BCUT2D eigenvalue weighted by Crippen LogP contribution is 2.33. The molecule has 0 bridgehead atoms. The van der Waals surface area contributed by atoms with Crippen LogP contribution in [0.2, 0.25) is 0 Å². The van der Waals surface area contributed by atoms with Crippen molar-refractivity contribution in [3.63, 3.8) is 0 Å². The molecule has 1 aromatic heterocycles.